The van der Waals surface area contributed by atoms with Gasteiger partial charge in [0.1, 0.15) is 0 Å². The van der Waals surface area contributed by atoms with Crippen molar-refractivity contribution in [1.29, 1.82) is 0 Å². The molecule has 126 valence electrons. The van der Waals surface area contributed by atoms with Crippen molar-refractivity contribution in [2.45, 2.75) is 49.8 Å². The monoisotopic (exact) mass is 336 g/mol. The molecular formula is C17H24N2O3S. The number of carbonyl (C=O) groups is 1. The largest absolute Gasteiger partial charge is 0.356 e. The molecule has 23 heavy (non-hydrogen) atoms. The van der Waals surface area contributed by atoms with Gasteiger partial charge in [0.2, 0.25) is 15.9 Å². The summed E-state index contributed by atoms with van der Waals surface area (Å²) in [6.45, 7) is 0.690. The third-order valence-electron chi connectivity index (χ3n) is 4.05. The molecule has 2 rings (SSSR count). The topological polar surface area (TPSA) is 89.3 Å². The smallest absolute Gasteiger partial charge is 0.238 e. The molecule has 5 nitrogen and oxygen atoms in total. The van der Waals surface area contributed by atoms with Crippen LogP contribution in [0.4, 0.5) is 0 Å². The maximum absolute atomic E-state index is 11.8. The first-order chi connectivity index (χ1) is 10.9. The summed E-state index contributed by atoms with van der Waals surface area (Å²) < 4.78 is 22.3. The Morgan fingerprint density at radius 2 is 1.87 bits per heavy atom. The van der Waals surface area contributed by atoms with Gasteiger partial charge in [-0.1, -0.05) is 23.8 Å². The van der Waals surface area contributed by atoms with E-state index in [1.165, 1.54) is 30.5 Å². The molecule has 1 aliphatic rings. The first kappa shape index (κ1) is 17.7. The molecule has 1 aromatic carbocycles. The number of primary sulfonamides is 1. The Kier molecular flexibility index (Phi) is 6.36. The number of aryl methyl sites for hydroxylation is 1. The first-order valence-electron chi connectivity index (χ1n) is 8.01. The van der Waals surface area contributed by atoms with Crippen molar-refractivity contribution in [2.75, 3.05) is 6.54 Å². The number of amides is 1. The molecule has 0 saturated heterocycles. The fraction of sp³-hybridized carbons (Fsp3) is 0.471. The normalized spacial score (nSPS) is 15.1. The number of allylic oxidation sites excluding steroid dienone is 1. The van der Waals surface area contributed by atoms with Crippen LogP contribution in [0.5, 0.6) is 0 Å². The SMILES string of the molecule is NS(=O)(=O)c1ccc(CCC(=O)NCCC2=CCCCC2)cc1. The van der Waals surface area contributed by atoms with Crippen LogP contribution < -0.4 is 10.5 Å². The van der Waals surface area contributed by atoms with Crippen molar-refractivity contribution in [3.8, 4) is 0 Å². The number of hydrogen-bond acceptors (Lipinski definition) is 3. The molecule has 1 amide bonds. The highest BCUT2D eigenvalue weighted by Crippen LogP contribution is 2.19. The lowest BCUT2D eigenvalue weighted by Crippen LogP contribution is -2.25. The molecule has 6 heteroatoms. The van der Waals surface area contributed by atoms with Crippen LogP contribution in [-0.2, 0) is 21.2 Å². The zero-order valence-electron chi connectivity index (χ0n) is 13.3. The van der Waals surface area contributed by atoms with Crippen LogP contribution in [0.25, 0.3) is 0 Å². The average Bonchev–Trinajstić information content (AvgIpc) is 2.53. The van der Waals surface area contributed by atoms with E-state index in [1.54, 1.807) is 12.1 Å². The Bertz CT molecular complexity index is 664. The number of rotatable bonds is 7. The molecule has 0 fully saturated rings. The maximum Gasteiger partial charge on any atom is 0.238 e. The second-order valence-corrected chi connectivity index (χ2v) is 7.46. The number of nitrogens with two attached hydrogens (primary N) is 1. The van der Waals surface area contributed by atoms with Crippen molar-refractivity contribution < 1.29 is 13.2 Å². The molecule has 3 N–H and O–H groups in total. The molecule has 1 aromatic rings. The Morgan fingerprint density at radius 3 is 2.48 bits per heavy atom. The van der Waals surface area contributed by atoms with Gasteiger partial charge in [0, 0.05) is 13.0 Å². The lowest BCUT2D eigenvalue weighted by Gasteiger charge is -2.13. The summed E-state index contributed by atoms with van der Waals surface area (Å²) in [5.74, 6) is 0.0249. The molecular weight excluding hydrogens is 312 g/mol. The number of sulfonamides is 1. The van der Waals surface area contributed by atoms with Gasteiger partial charge < -0.3 is 5.32 Å². The van der Waals surface area contributed by atoms with Crippen LogP contribution in [0.1, 0.15) is 44.1 Å². The second kappa shape index (κ2) is 8.26. The second-order valence-electron chi connectivity index (χ2n) is 5.90. The van der Waals surface area contributed by atoms with E-state index >= 15 is 0 Å². The van der Waals surface area contributed by atoms with E-state index < -0.39 is 10.0 Å². The third-order valence-corrected chi connectivity index (χ3v) is 4.98. The fourth-order valence-electron chi connectivity index (χ4n) is 2.69. The molecule has 0 atom stereocenters. The fourth-order valence-corrected chi connectivity index (χ4v) is 3.20. The van der Waals surface area contributed by atoms with Crippen LogP contribution in [0, 0.1) is 0 Å². The van der Waals surface area contributed by atoms with Gasteiger partial charge in [-0.3, -0.25) is 4.79 Å². The third kappa shape index (κ3) is 6.15. The van der Waals surface area contributed by atoms with Gasteiger partial charge >= 0.3 is 0 Å². The van der Waals surface area contributed by atoms with Crippen molar-refractivity contribution in [3.63, 3.8) is 0 Å². The molecule has 0 unspecified atom stereocenters. The summed E-state index contributed by atoms with van der Waals surface area (Å²) in [6.07, 6.45) is 9.07. The zero-order valence-corrected chi connectivity index (χ0v) is 14.1. The van der Waals surface area contributed by atoms with Crippen LogP contribution in [0.3, 0.4) is 0 Å². The van der Waals surface area contributed by atoms with E-state index in [0.29, 0.717) is 19.4 Å². The lowest BCUT2D eigenvalue weighted by molar-refractivity contribution is -0.121. The molecule has 0 spiro atoms. The highest BCUT2D eigenvalue weighted by molar-refractivity contribution is 7.89. The van der Waals surface area contributed by atoms with E-state index in [2.05, 4.69) is 11.4 Å². The van der Waals surface area contributed by atoms with E-state index in [1.807, 2.05) is 0 Å². The minimum Gasteiger partial charge on any atom is -0.356 e. The number of benzene rings is 1. The van der Waals surface area contributed by atoms with Crippen LogP contribution >= 0.6 is 0 Å². The minimum atomic E-state index is -3.66. The van der Waals surface area contributed by atoms with Crippen molar-refractivity contribution in [1.82, 2.24) is 5.32 Å². The molecule has 0 aromatic heterocycles. The minimum absolute atomic E-state index is 0.0249. The summed E-state index contributed by atoms with van der Waals surface area (Å²) in [4.78, 5) is 11.9. The van der Waals surface area contributed by atoms with E-state index in [4.69, 9.17) is 5.14 Å². The lowest BCUT2D eigenvalue weighted by atomic mass is 9.97. The van der Waals surface area contributed by atoms with Crippen molar-refractivity contribution in [3.05, 3.63) is 41.5 Å². The van der Waals surface area contributed by atoms with Gasteiger partial charge in [-0.2, -0.15) is 0 Å². The molecule has 0 bridgehead atoms. The van der Waals surface area contributed by atoms with Gasteiger partial charge in [-0.15, -0.1) is 0 Å². The molecule has 0 radical (unpaired) electrons. The predicted molar refractivity (Wildman–Crippen MR) is 90.3 cm³/mol. The number of carbonyl (C=O) groups excluding carboxylic acids is 1. The average molecular weight is 336 g/mol. The van der Waals surface area contributed by atoms with E-state index in [9.17, 15) is 13.2 Å². The van der Waals surface area contributed by atoms with Gasteiger partial charge in [0.05, 0.1) is 4.90 Å². The Balaban J connectivity index is 1.70. The molecule has 1 aliphatic carbocycles. The summed E-state index contributed by atoms with van der Waals surface area (Å²) in [6, 6.07) is 6.33. The Hall–Kier alpha value is -1.66. The maximum atomic E-state index is 11.8. The van der Waals surface area contributed by atoms with E-state index in [-0.39, 0.29) is 10.8 Å². The Morgan fingerprint density at radius 1 is 1.13 bits per heavy atom. The summed E-state index contributed by atoms with van der Waals surface area (Å²) in [5.41, 5.74) is 2.37. The van der Waals surface area contributed by atoms with Crippen LogP contribution in [-0.4, -0.2) is 20.9 Å². The standard InChI is InChI=1S/C17H24N2O3S/c18-23(21,22)16-9-6-15(7-10-16)8-11-17(20)19-13-12-14-4-2-1-3-5-14/h4,6-7,9-10H,1-3,5,8,11-13H2,(H,19,20)(H2,18,21,22). The quantitative estimate of drug-likeness (QED) is 0.749. The number of hydrogen-bond donors (Lipinski definition) is 2. The van der Waals surface area contributed by atoms with Gasteiger partial charge in [-0.05, 0) is 56.2 Å². The molecule has 0 saturated carbocycles. The van der Waals surface area contributed by atoms with Gasteiger partial charge in [-0.25, -0.2) is 13.6 Å². The molecule has 0 heterocycles. The van der Waals surface area contributed by atoms with Crippen LogP contribution in [0.2, 0.25) is 0 Å². The predicted octanol–water partition coefficient (Wildman–Crippen LogP) is 2.27. The van der Waals surface area contributed by atoms with Gasteiger partial charge in [0.25, 0.3) is 0 Å². The zero-order chi connectivity index (χ0) is 16.7. The highest BCUT2D eigenvalue weighted by Gasteiger charge is 2.08. The summed E-state index contributed by atoms with van der Waals surface area (Å²) in [7, 11) is -3.66. The first-order valence-corrected chi connectivity index (χ1v) is 9.56. The summed E-state index contributed by atoms with van der Waals surface area (Å²) >= 11 is 0. The van der Waals surface area contributed by atoms with E-state index in [0.717, 1.165) is 24.8 Å². The van der Waals surface area contributed by atoms with Crippen molar-refractivity contribution >= 4 is 15.9 Å². The highest BCUT2D eigenvalue weighted by atomic mass is 32.2. The molecule has 0 aliphatic heterocycles. The number of nitrogens with one attached hydrogen (secondary N) is 1. The van der Waals surface area contributed by atoms with Crippen molar-refractivity contribution in [2.24, 2.45) is 5.14 Å². The van der Waals surface area contributed by atoms with Crippen LogP contribution in [0.15, 0.2) is 40.8 Å². The Labute approximate surface area is 138 Å². The van der Waals surface area contributed by atoms with Gasteiger partial charge in [0.15, 0.2) is 0 Å². The summed E-state index contributed by atoms with van der Waals surface area (Å²) in [5, 5.41) is 7.99.